The summed E-state index contributed by atoms with van der Waals surface area (Å²) in [5.41, 5.74) is 2.05. The lowest BCUT2D eigenvalue weighted by molar-refractivity contribution is 0.602. The van der Waals surface area contributed by atoms with Crippen LogP contribution in [-0.2, 0) is 22.6 Å². The number of nitrogens with zero attached hydrogens (tertiary/aromatic N) is 1. The van der Waals surface area contributed by atoms with E-state index in [-0.39, 0.29) is 10.8 Å². The van der Waals surface area contributed by atoms with E-state index >= 15 is 0 Å². The van der Waals surface area contributed by atoms with Crippen LogP contribution in [0.2, 0.25) is 0 Å². The van der Waals surface area contributed by atoms with Gasteiger partial charge >= 0.3 is 0 Å². The molecule has 0 radical (unpaired) electrons. The smallest absolute Gasteiger partial charge is 0.250 e. The summed E-state index contributed by atoms with van der Waals surface area (Å²) in [7, 11) is -1.43. The number of aromatic nitrogens is 1. The van der Waals surface area contributed by atoms with Crippen molar-refractivity contribution in [2.24, 2.45) is 7.05 Å². The van der Waals surface area contributed by atoms with Crippen molar-refractivity contribution in [1.82, 2.24) is 4.57 Å². The molecule has 1 unspecified atom stereocenters. The molecule has 1 aromatic carbocycles. The van der Waals surface area contributed by atoms with Crippen molar-refractivity contribution in [1.29, 1.82) is 0 Å². The molecule has 1 aromatic heterocycles. The molecular formula is C16H19NO3S2. The monoisotopic (exact) mass is 337 g/mol. The van der Waals surface area contributed by atoms with Crippen LogP contribution in [0.15, 0.2) is 52.3 Å². The quantitative estimate of drug-likeness (QED) is 0.842. The van der Waals surface area contributed by atoms with E-state index in [1.54, 1.807) is 47.8 Å². The zero-order valence-electron chi connectivity index (χ0n) is 12.8. The van der Waals surface area contributed by atoms with Gasteiger partial charge in [-0.15, -0.1) is 11.8 Å². The molecule has 0 bridgehead atoms. The Balaban J connectivity index is 2.04. The van der Waals surface area contributed by atoms with Gasteiger partial charge in [-0.3, -0.25) is 4.79 Å². The van der Waals surface area contributed by atoms with Gasteiger partial charge in [0.25, 0.3) is 5.56 Å². The van der Waals surface area contributed by atoms with Crippen LogP contribution >= 0.6 is 11.8 Å². The van der Waals surface area contributed by atoms with Gasteiger partial charge in [0.2, 0.25) is 0 Å². The first-order chi connectivity index (χ1) is 10.3. The van der Waals surface area contributed by atoms with E-state index < -0.39 is 9.84 Å². The fraction of sp³-hybridized carbons (Fsp3) is 0.312. The van der Waals surface area contributed by atoms with Crippen molar-refractivity contribution in [3.8, 4) is 0 Å². The van der Waals surface area contributed by atoms with E-state index in [0.29, 0.717) is 4.90 Å². The summed E-state index contributed by atoms with van der Waals surface area (Å²) in [4.78, 5) is 11.9. The zero-order valence-corrected chi connectivity index (χ0v) is 14.4. The zero-order chi connectivity index (χ0) is 16.3. The Morgan fingerprint density at radius 3 is 2.36 bits per heavy atom. The van der Waals surface area contributed by atoms with E-state index in [1.807, 2.05) is 18.2 Å². The van der Waals surface area contributed by atoms with Crippen LogP contribution in [0, 0.1) is 0 Å². The second-order valence-electron chi connectivity index (χ2n) is 5.28. The second kappa shape index (κ2) is 6.71. The third-order valence-electron chi connectivity index (χ3n) is 3.45. The summed E-state index contributed by atoms with van der Waals surface area (Å²) in [6.45, 7) is 2.07. The highest BCUT2D eigenvalue weighted by Gasteiger charge is 2.10. The Hall–Kier alpha value is -1.53. The molecule has 0 aliphatic rings. The standard InChI is InChI=1S/C16H19NO3S2/c1-12(14-4-6-15(7-5-14)22(3,19)20)21-11-13-8-9-17(2)16(18)10-13/h4-10,12H,11H2,1-3H3. The minimum atomic E-state index is -3.15. The summed E-state index contributed by atoms with van der Waals surface area (Å²) in [6, 6.07) is 10.6. The lowest BCUT2D eigenvalue weighted by Gasteiger charge is -2.12. The molecule has 118 valence electrons. The SMILES string of the molecule is CC(SCc1ccn(C)c(=O)c1)c1ccc(S(C)(=O)=O)cc1. The first kappa shape index (κ1) is 16.8. The van der Waals surface area contributed by atoms with E-state index in [0.717, 1.165) is 16.9 Å². The molecule has 1 heterocycles. The summed E-state index contributed by atoms with van der Waals surface area (Å²) < 4.78 is 24.4. The maximum absolute atomic E-state index is 11.6. The predicted molar refractivity (Wildman–Crippen MR) is 90.9 cm³/mol. The Labute approximate surface area is 135 Å². The van der Waals surface area contributed by atoms with Gasteiger partial charge in [-0.2, -0.15) is 0 Å². The lowest BCUT2D eigenvalue weighted by Crippen LogP contribution is -2.14. The molecule has 0 spiro atoms. The number of aryl methyl sites for hydroxylation is 1. The largest absolute Gasteiger partial charge is 0.319 e. The molecule has 0 aliphatic heterocycles. The van der Waals surface area contributed by atoms with Gasteiger partial charge in [-0.1, -0.05) is 12.1 Å². The summed E-state index contributed by atoms with van der Waals surface area (Å²) in [6.07, 6.45) is 2.97. The van der Waals surface area contributed by atoms with Gasteiger partial charge in [0.1, 0.15) is 0 Å². The first-order valence-corrected chi connectivity index (χ1v) is 9.78. The minimum absolute atomic E-state index is 0.0109. The Morgan fingerprint density at radius 2 is 1.82 bits per heavy atom. The van der Waals surface area contributed by atoms with Gasteiger partial charge in [-0.25, -0.2) is 8.42 Å². The number of pyridine rings is 1. The van der Waals surface area contributed by atoms with E-state index in [9.17, 15) is 13.2 Å². The average molecular weight is 337 g/mol. The number of sulfone groups is 1. The van der Waals surface area contributed by atoms with E-state index in [1.165, 1.54) is 6.26 Å². The molecule has 22 heavy (non-hydrogen) atoms. The van der Waals surface area contributed by atoms with E-state index in [4.69, 9.17) is 0 Å². The average Bonchev–Trinajstić information content (AvgIpc) is 2.47. The summed E-state index contributed by atoms with van der Waals surface area (Å²) in [5, 5.41) is 0.220. The molecule has 0 N–H and O–H groups in total. The van der Waals surface area contributed by atoms with Gasteiger partial charge in [0.05, 0.1) is 4.90 Å². The summed E-state index contributed by atoms with van der Waals surface area (Å²) >= 11 is 1.71. The predicted octanol–water partition coefficient (Wildman–Crippen LogP) is 2.78. The number of thioether (sulfide) groups is 1. The van der Waals surface area contributed by atoms with Crippen molar-refractivity contribution >= 4 is 21.6 Å². The second-order valence-corrected chi connectivity index (χ2v) is 8.62. The minimum Gasteiger partial charge on any atom is -0.319 e. The molecule has 0 fully saturated rings. The lowest BCUT2D eigenvalue weighted by atomic mass is 10.2. The third kappa shape index (κ3) is 4.24. The Morgan fingerprint density at radius 1 is 1.18 bits per heavy atom. The highest BCUT2D eigenvalue weighted by molar-refractivity contribution is 7.98. The van der Waals surface area contributed by atoms with Crippen LogP contribution in [0.4, 0.5) is 0 Å². The number of hydrogen-bond donors (Lipinski definition) is 0. The van der Waals surface area contributed by atoms with Crippen molar-refractivity contribution in [2.75, 3.05) is 6.26 Å². The van der Waals surface area contributed by atoms with Crippen molar-refractivity contribution in [3.05, 3.63) is 64.1 Å². The fourth-order valence-electron chi connectivity index (χ4n) is 1.98. The summed E-state index contributed by atoms with van der Waals surface area (Å²) in [5.74, 6) is 0.741. The fourth-order valence-corrected chi connectivity index (χ4v) is 3.58. The maximum Gasteiger partial charge on any atom is 0.250 e. The van der Waals surface area contributed by atoms with Gasteiger partial charge in [0, 0.05) is 36.6 Å². The van der Waals surface area contributed by atoms with Crippen LogP contribution < -0.4 is 5.56 Å². The molecule has 6 heteroatoms. The molecule has 0 amide bonds. The van der Waals surface area contributed by atoms with Crippen LogP contribution in [-0.4, -0.2) is 19.2 Å². The highest BCUT2D eigenvalue weighted by atomic mass is 32.2. The topological polar surface area (TPSA) is 56.1 Å². The van der Waals surface area contributed by atoms with Crippen LogP contribution in [0.5, 0.6) is 0 Å². The maximum atomic E-state index is 11.6. The molecule has 2 aromatic rings. The molecular weight excluding hydrogens is 318 g/mol. The van der Waals surface area contributed by atoms with Crippen LogP contribution in [0.3, 0.4) is 0 Å². The molecule has 2 rings (SSSR count). The van der Waals surface area contributed by atoms with Gasteiger partial charge in [0.15, 0.2) is 9.84 Å². The van der Waals surface area contributed by atoms with E-state index in [2.05, 4.69) is 6.92 Å². The van der Waals surface area contributed by atoms with Crippen molar-refractivity contribution in [3.63, 3.8) is 0 Å². The number of hydrogen-bond acceptors (Lipinski definition) is 4. The van der Waals surface area contributed by atoms with Gasteiger partial charge in [-0.05, 0) is 36.2 Å². The van der Waals surface area contributed by atoms with Crippen LogP contribution in [0.25, 0.3) is 0 Å². The molecule has 0 saturated heterocycles. The third-order valence-corrected chi connectivity index (χ3v) is 5.85. The normalized spacial score (nSPS) is 13.0. The molecule has 4 nitrogen and oxygen atoms in total. The molecule has 1 atom stereocenters. The number of benzene rings is 1. The molecule has 0 aliphatic carbocycles. The number of rotatable bonds is 5. The van der Waals surface area contributed by atoms with Gasteiger partial charge < -0.3 is 4.57 Å². The molecule has 0 saturated carbocycles. The Bertz CT molecular complexity index is 808. The Kier molecular flexibility index (Phi) is 5.13. The van der Waals surface area contributed by atoms with Crippen LogP contribution in [0.1, 0.15) is 23.3 Å². The first-order valence-electron chi connectivity index (χ1n) is 6.84. The van der Waals surface area contributed by atoms with Crippen molar-refractivity contribution in [2.45, 2.75) is 22.8 Å². The van der Waals surface area contributed by atoms with Crippen molar-refractivity contribution < 1.29 is 8.42 Å². The highest BCUT2D eigenvalue weighted by Crippen LogP contribution is 2.31.